The van der Waals surface area contributed by atoms with Crippen molar-refractivity contribution in [2.45, 2.75) is 0 Å². The van der Waals surface area contributed by atoms with E-state index in [0.29, 0.717) is 5.69 Å². The van der Waals surface area contributed by atoms with Crippen molar-refractivity contribution in [2.24, 2.45) is 5.73 Å². The lowest BCUT2D eigenvalue weighted by atomic mass is 10.2. The number of anilines is 2. The summed E-state index contributed by atoms with van der Waals surface area (Å²) in [5.41, 5.74) is 7.24. The molecule has 5 heteroatoms. The zero-order valence-electron chi connectivity index (χ0n) is 10.0. The van der Waals surface area contributed by atoms with Gasteiger partial charge in [-0.15, -0.1) is 0 Å². The lowest BCUT2D eigenvalue weighted by Gasteiger charge is -2.08. The predicted molar refractivity (Wildman–Crippen MR) is 72.1 cm³/mol. The fourth-order valence-electron chi connectivity index (χ4n) is 1.52. The van der Waals surface area contributed by atoms with E-state index in [0.717, 1.165) is 11.3 Å². The van der Waals surface area contributed by atoms with Crippen LogP contribution in [0.25, 0.3) is 6.08 Å². The maximum atomic E-state index is 12.8. The van der Waals surface area contributed by atoms with Crippen molar-refractivity contribution in [3.05, 3.63) is 60.2 Å². The van der Waals surface area contributed by atoms with Gasteiger partial charge >= 0.3 is 0 Å². The SMILES string of the molecule is NC(=O)/C=C/c1ccncc1Nc1ccc(F)cc1. The van der Waals surface area contributed by atoms with Gasteiger partial charge in [0, 0.05) is 23.5 Å². The monoisotopic (exact) mass is 257 g/mol. The van der Waals surface area contributed by atoms with Gasteiger partial charge in [0.15, 0.2) is 0 Å². The number of nitrogens with zero attached hydrogens (tertiary/aromatic N) is 1. The molecule has 2 aromatic rings. The lowest BCUT2D eigenvalue weighted by molar-refractivity contribution is -0.113. The highest BCUT2D eigenvalue weighted by atomic mass is 19.1. The van der Waals surface area contributed by atoms with Crippen LogP contribution >= 0.6 is 0 Å². The standard InChI is InChI=1S/C14H12FN3O/c15-11-2-4-12(5-3-11)18-13-9-17-8-7-10(13)1-6-14(16)19/h1-9,18H,(H2,16,19)/b6-1+. The summed E-state index contributed by atoms with van der Waals surface area (Å²) in [6.45, 7) is 0. The van der Waals surface area contributed by atoms with Crippen LogP contribution < -0.4 is 11.1 Å². The maximum Gasteiger partial charge on any atom is 0.241 e. The van der Waals surface area contributed by atoms with Crippen LogP contribution in [0.2, 0.25) is 0 Å². The Balaban J connectivity index is 2.24. The number of nitrogens with two attached hydrogens (primary N) is 1. The summed E-state index contributed by atoms with van der Waals surface area (Å²) in [4.78, 5) is 14.7. The number of pyridine rings is 1. The second-order valence-electron chi connectivity index (χ2n) is 3.83. The molecule has 4 nitrogen and oxygen atoms in total. The van der Waals surface area contributed by atoms with Crippen molar-refractivity contribution in [1.29, 1.82) is 0 Å². The first kappa shape index (κ1) is 12.8. The molecule has 1 aromatic heterocycles. The highest BCUT2D eigenvalue weighted by molar-refractivity contribution is 5.91. The van der Waals surface area contributed by atoms with E-state index in [4.69, 9.17) is 5.73 Å². The van der Waals surface area contributed by atoms with Crippen molar-refractivity contribution < 1.29 is 9.18 Å². The van der Waals surface area contributed by atoms with Crippen LogP contribution in [0, 0.1) is 5.82 Å². The molecule has 96 valence electrons. The summed E-state index contributed by atoms with van der Waals surface area (Å²) in [6.07, 6.45) is 6.08. The maximum absolute atomic E-state index is 12.8. The van der Waals surface area contributed by atoms with E-state index in [-0.39, 0.29) is 5.82 Å². The molecule has 0 fully saturated rings. The number of nitrogens with one attached hydrogen (secondary N) is 1. The molecule has 0 bridgehead atoms. The molecule has 0 aliphatic rings. The zero-order valence-corrected chi connectivity index (χ0v) is 10.0. The summed E-state index contributed by atoms with van der Waals surface area (Å²) in [6, 6.07) is 7.69. The van der Waals surface area contributed by atoms with Crippen LogP contribution in [0.1, 0.15) is 5.56 Å². The first-order valence-electron chi connectivity index (χ1n) is 5.59. The molecule has 1 amide bonds. The number of primary amides is 1. The fraction of sp³-hybridized carbons (Fsp3) is 0. The Morgan fingerprint density at radius 3 is 2.68 bits per heavy atom. The Labute approximate surface area is 109 Å². The number of carbonyl (C=O) groups is 1. The molecular weight excluding hydrogens is 245 g/mol. The second-order valence-corrected chi connectivity index (χ2v) is 3.83. The average molecular weight is 257 g/mol. The molecular formula is C14H12FN3O. The molecule has 0 spiro atoms. The molecule has 0 unspecified atom stereocenters. The van der Waals surface area contributed by atoms with E-state index in [2.05, 4.69) is 10.3 Å². The Bertz CT molecular complexity index is 608. The van der Waals surface area contributed by atoms with Crippen LogP contribution in [-0.4, -0.2) is 10.9 Å². The Morgan fingerprint density at radius 2 is 2.00 bits per heavy atom. The van der Waals surface area contributed by atoms with Gasteiger partial charge in [0.2, 0.25) is 5.91 Å². The highest BCUT2D eigenvalue weighted by Gasteiger charge is 2.01. The number of halogens is 1. The smallest absolute Gasteiger partial charge is 0.241 e. The molecule has 0 aliphatic carbocycles. The zero-order chi connectivity index (χ0) is 13.7. The highest BCUT2D eigenvalue weighted by Crippen LogP contribution is 2.21. The van der Waals surface area contributed by atoms with Gasteiger partial charge < -0.3 is 11.1 Å². The Hall–Kier alpha value is -2.69. The molecule has 3 N–H and O–H groups in total. The largest absolute Gasteiger partial charge is 0.366 e. The summed E-state index contributed by atoms with van der Waals surface area (Å²) in [5, 5.41) is 3.09. The number of hydrogen-bond donors (Lipinski definition) is 2. The molecule has 0 atom stereocenters. The second kappa shape index (κ2) is 5.77. The number of carbonyl (C=O) groups excluding carboxylic acids is 1. The van der Waals surface area contributed by atoms with Gasteiger partial charge in [-0.25, -0.2) is 4.39 Å². The first-order chi connectivity index (χ1) is 9.15. The Morgan fingerprint density at radius 1 is 1.26 bits per heavy atom. The first-order valence-corrected chi connectivity index (χ1v) is 5.59. The van der Waals surface area contributed by atoms with Crippen molar-refractivity contribution >= 4 is 23.4 Å². The van der Waals surface area contributed by atoms with Crippen LogP contribution in [0.15, 0.2) is 48.8 Å². The molecule has 0 saturated carbocycles. The summed E-state index contributed by atoms with van der Waals surface area (Å²) >= 11 is 0. The molecule has 0 radical (unpaired) electrons. The lowest BCUT2D eigenvalue weighted by Crippen LogP contribution is -2.05. The van der Waals surface area contributed by atoms with Crippen LogP contribution in [0.3, 0.4) is 0 Å². The molecule has 0 aliphatic heterocycles. The number of amides is 1. The third-order valence-electron chi connectivity index (χ3n) is 2.41. The number of aromatic nitrogens is 1. The minimum atomic E-state index is -0.524. The third-order valence-corrected chi connectivity index (χ3v) is 2.41. The molecule has 2 rings (SSSR count). The average Bonchev–Trinajstić information content (AvgIpc) is 2.40. The van der Waals surface area contributed by atoms with E-state index >= 15 is 0 Å². The van der Waals surface area contributed by atoms with E-state index < -0.39 is 5.91 Å². The van der Waals surface area contributed by atoms with Gasteiger partial charge in [-0.1, -0.05) is 0 Å². The van der Waals surface area contributed by atoms with E-state index in [9.17, 15) is 9.18 Å². The molecule has 19 heavy (non-hydrogen) atoms. The van der Waals surface area contributed by atoms with Crippen LogP contribution in [0.4, 0.5) is 15.8 Å². The fourth-order valence-corrected chi connectivity index (χ4v) is 1.52. The summed E-state index contributed by atoms with van der Waals surface area (Å²) in [5.74, 6) is -0.824. The van der Waals surface area contributed by atoms with Gasteiger partial charge in [-0.05, 0) is 36.4 Å². The van der Waals surface area contributed by atoms with Gasteiger partial charge in [0.05, 0.1) is 11.9 Å². The summed E-state index contributed by atoms with van der Waals surface area (Å²) < 4.78 is 12.8. The van der Waals surface area contributed by atoms with E-state index in [1.54, 1.807) is 36.7 Å². The van der Waals surface area contributed by atoms with E-state index in [1.165, 1.54) is 18.2 Å². The predicted octanol–water partition coefficient (Wildman–Crippen LogP) is 2.46. The quantitative estimate of drug-likeness (QED) is 0.827. The number of rotatable bonds is 4. The topological polar surface area (TPSA) is 68.0 Å². The van der Waals surface area contributed by atoms with Crippen molar-refractivity contribution in [3.63, 3.8) is 0 Å². The van der Waals surface area contributed by atoms with Crippen molar-refractivity contribution in [2.75, 3.05) is 5.32 Å². The van der Waals surface area contributed by atoms with E-state index in [1.807, 2.05) is 0 Å². The Kier molecular flexibility index (Phi) is 3.87. The molecule has 0 saturated heterocycles. The minimum Gasteiger partial charge on any atom is -0.366 e. The molecule has 1 heterocycles. The number of benzene rings is 1. The van der Waals surface area contributed by atoms with Crippen molar-refractivity contribution in [3.8, 4) is 0 Å². The van der Waals surface area contributed by atoms with Gasteiger partial charge in [-0.2, -0.15) is 0 Å². The van der Waals surface area contributed by atoms with Crippen molar-refractivity contribution in [1.82, 2.24) is 4.98 Å². The third kappa shape index (κ3) is 3.64. The summed E-state index contributed by atoms with van der Waals surface area (Å²) in [7, 11) is 0. The van der Waals surface area contributed by atoms with Gasteiger partial charge in [-0.3, -0.25) is 9.78 Å². The molecule has 1 aromatic carbocycles. The minimum absolute atomic E-state index is 0.300. The van der Waals surface area contributed by atoms with Gasteiger partial charge in [0.25, 0.3) is 0 Å². The van der Waals surface area contributed by atoms with Crippen LogP contribution in [0.5, 0.6) is 0 Å². The van der Waals surface area contributed by atoms with Gasteiger partial charge in [0.1, 0.15) is 5.82 Å². The van der Waals surface area contributed by atoms with Crippen LogP contribution in [-0.2, 0) is 4.79 Å². The number of hydrogen-bond acceptors (Lipinski definition) is 3. The normalized spacial score (nSPS) is 10.6.